The number of aryl methyl sites for hydroxylation is 1. The molecule has 1 spiro atoms. The molecule has 0 aliphatic heterocycles. The number of fused-ring (bicyclic) bond motifs is 11. The number of benzene rings is 10. The van der Waals surface area contributed by atoms with Gasteiger partial charge >= 0.3 is 0 Å². The van der Waals surface area contributed by atoms with Gasteiger partial charge in [-0.2, -0.15) is 0 Å². The molecule has 0 fully saturated rings. The van der Waals surface area contributed by atoms with E-state index in [2.05, 4.69) is 285 Å². The summed E-state index contributed by atoms with van der Waals surface area (Å²) in [6.07, 6.45) is 9.05. The van der Waals surface area contributed by atoms with Gasteiger partial charge in [0.2, 0.25) is 0 Å². The predicted molar refractivity (Wildman–Crippen MR) is 310 cm³/mol. The zero-order chi connectivity index (χ0) is 49.3. The minimum atomic E-state index is -0.459. The van der Waals surface area contributed by atoms with Crippen LogP contribution >= 0.6 is 0 Å². The fourth-order valence-electron chi connectivity index (χ4n) is 12.8. The topological polar surface area (TPSA) is 6.48 Å². The molecular weight excluding hydrogens is 893 g/mol. The molecule has 352 valence electrons. The Kier molecular flexibility index (Phi) is 10.4. The first-order valence-electron chi connectivity index (χ1n) is 26.2. The summed E-state index contributed by atoms with van der Waals surface area (Å²) >= 11 is 0. The number of hydrogen-bond donors (Lipinski definition) is 0. The second-order valence-electron chi connectivity index (χ2n) is 20.4. The van der Waals surface area contributed by atoms with E-state index in [0.29, 0.717) is 0 Å². The number of rotatable bonds is 9. The molecule has 4 aliphatic rings. The lowest BCUT2D eigenvalue weighted by Crippen LogP contribution is -2.29. The fourth-order valence-corrected chi connectivity index (χ4v) is 12.8. The van der Waals surface area contributed by atoms with Crippen molar-refractivity contribution in [3.8, 4) is 44.5 Å². The summed E-state index contributed by atoms with van der Waals surface area (Å²) < 4.78 is 0. The summed E-state index contributed by atoms with van der Waals surface area (Å²) in [6, 6.07) is 90.5. The first kappa shape index (κ1) is 43.8. The minimum Gasteiger partial charge on any atom is -0.311 e. The van der Waals surface area contributed by atoms with Crippen LogP contribution in [-0.2, 0) is 5.41 Å². The van der Waals surface area contributed by atoms with Gasteiger partial charge in [-0.3, -0.25) is 0 Å². The van der Waals surface area contributed by atoms with Crippen molar-refractivity contribution in [3.63, 3.8) is 0 Å². The van der Waals surface area contributed by atoms with E-state index in [4.69, 9.17) is 0 Å². The molecular formula is C72H54N2. The van der Waals surface area contributed by atoms with Gasteiger partial charge in [0.1, 0.15) is 0 Å². The molecule has 2 unspecified atom stereocenters. The van der Waals surface area contributed by atoms with Gasteiger partial charge in [0.05, 0.1) is 5.41 Å². The van der Waals surface area contributed by atoms with Gasteiger partial charge in [-0.15, -0.1) is 0 Å². The molecule has 4 aliphatic carbocycles. The van der Waals surface area contributed by atoms with Crippen LogP contribution in [0.15, 0.2) is 272 Å². The highest BCUT2D eigenvalue weighted by Gasteiger charge is 2.56. The highest BCUT2D eigenvalue weighted by molar-refractivity contribution is 6.03. The molecule has 2 nitrogen and oxygen atoms in total. The molecule has 2 atom stereocenters. The van der Waals surface area contributed by atoms with E-state index < -0.39 is 5.41 Å². The Balaban J connectivity index is 0.868. The van der Waals surface area contributed by atoms with Crippen LogP contribution in [0.5, 0.6) is 0 Å². The van der Waals surface area contributed by atoms with Crippen LogP contribution in [-0.4, -0.2) is 0 Å². The Morgan fingerprint density at radius 1 is 0.378 bits per heavy atom. The lowest BCUT2D eigenvalue weighted by Gasteiger charge is -2.35. The second-order valence-corrected chi connectivity index (χ2v) is 20.4. The maximum Gasteiger partial charge on any atom is 0.0694 e. The number of allylic oxidation sites excluding steroid dienone is 4. The average molecular weight is 947 g/mol. The SMILES string of the molecule is Cc1ccc(N(C2=CCCC=C2)c2ccc(-c3ccc4c(c3)-c3ccccc3C43C4=C(c5ccccc5C4C)c4ccc(-c5ccc(N(c6ccccc6)c6ccc(-c7ccccc7)cc6)cc5)cc43)cc2)cc1. The Labute approximate surface area is 435 Å². The Morgan fingerprint density at radius 3 is 1.54 bits per heavy atom. The number of nitrogens with zero attached hydrogens (tertiary/aromatic N) is 2. The molecule has 0 amide bonds. The van der Waals surface area contributed by atoms with Crippen molar-refractivity contribution in [2.75, 3.05) is 9.80 Å². The summed E-state index contributed by atoms with van der Waals surface area (Å²) in [5.74, 6) is 0.235. The van der Waals surface area contributed by atoms with Crippen LogP contribution in [0.1, 0.15) is 64.6 Å². The number of hydrogen-bond acceptors (Lipinski definition) is 2. The van der Waals surface area contributed by atoms with E-state index >= 15 is 0 Å². The van der Waals surface area contributed by atoms with E-state index in [-0.39, 0.29) is 5.92 Å². The predicted octanol–water partition coefficient (Wildman–Crippen LogP) is 19.1. The quantitative estimate of drug-likeness (QED) is 0.142. The molecule has 0 bridgehead atoms. The van der Waals surface area contributed by atoms with Gasteiger partial charge in [-0.05, 0) is 188 Å². The van der Waals surface area contributed by atoms with Crippen molar-refractivity contribution in [1.29, 1.82) is 0 Å². The molecule has 14 rings (SSSR count). The fraction of sp³-hybridized carbons (Fsp3) is 0.0833. The van der Waals surface area contributed by atoms with Crippen LogP contribution in [0, 0.1) is 6.92 Å². The summed E-state index contributed by atoms with van der Waals surface area (Å²) in [5.41, 5.74) is 28.8. The zero-order valence-electron chi connectivity index (χ0n) is 41.7. The van der Waals surface area contributed by atoms with Crippen LogP contribution in [0.3, 0.4) is 0 Å². The van der Waals surface area contributed by atoms with Crippen LogP contribution in [0.25, 0.3) is 50.1 Å². The molecule has 2 heteroatoms. The van der Waals surface area contributed by atoms with Crippen molar-refractivity contribution < 1.29 is 0 Å². The van der Waals surface area contributed by atoms with E-state index in [1.807, 2.05) is 0 Å². The molecule has 0 radical (unpaired) electrons. The third-order valence-electron chi connectivity index (χ3n) is 16.2. The van der Waals surface area contributed by atoms with Gasteiger partial charge < -0.3 is 9.80 Å². The van der Waals surface area contributed by atoms with Crippen molar-refractivity contribution in [2.45, 2.75) is 38.0 Å². The smallest absolute Gasteiger partial charge is 0.0694 e. The van der Waals surface area contributed by atoms with Gasteiger partial charge in [-0.25, -0.2) is 0 Å². The number of para-hydroxylation sites is 1. The Morgan fingerprint density at radius 2 is 0.878 bits per heavy atom. The maximum atomic E-state index is 2.53. The van der Waals surface area contributed by atoms with Gasteiger partial charge in [-0.1, -0.05) is 194 Å². The van der Waals surface area contributed by atoms with Crippen molar-refractivity contribution in [3.05, 3.63) is 311 Å². The summed E-state index contributed by atoms with van der Waals surface area (Å²) in [5, 5.41) is 0. The van der Waals surface area contributed by atoms with Gasteiger partial charge in [0, 0.05) is 40.1 Å². The Bertz CT molecular complexity index is 3880. The lowest BCUT2D eigenvalue weighted by atomic mass is 9.66. The monoisotopic (exact) mass is 946 g/mol. The largest absolute Gasteiger partial charge is 0.311 e. The second kappa shape index (κ2) is 17.7. The third-order valence-corrected chi connectivity index (χ3v) is 16.2. The van der Waals surface area contributed by atoms with Crippen molar-refractivity contribution in [1.82, 2.24) is 0 Å². The standard InChI is InChI=1S/C72H54N2/c1-48-26-36-58(37-27-48)73(56-18-8-4-9-19-56)60-40-30-52(31-41-60)54-35-45-68-66(46-54)63-23-14-15-25-67(63)72(68)69-47-55(34-44-65(69)70-64-24-13-12-22-62(64)49(2)71(70)72)53-32-42-61(43-33-53)74(57-20-10-5-11-21-57)59-38-28-51(29-39-59)50-16-6-3-7-17-50/h3,5-8,10-47,49H,4,9H2,1-2H3. The van der Waals surface area contributed by atoms with Crippen molar-refractivity contribution >= 4 is 34.0 Å². The molecule has 10 aromatic carbocycles. The molecule has 0 aromatic heterocycles. The lowest BCUT2D eigenvalue weighted by molar-refractivity contribution is 0.693. The zero-order valence-corrected chi connectivity index (χ0v) is 41.7. The molecule has 0 saturated heterocycles. The summed E-state index contributed by atoms with van der Waals surface area (Å²) in [6.45, 7) is 4.59. The van der Waals surface area contributed by atoms with Gasteiger partial charge in [0.15, 0.2) is 0 Å². The summed E-state index contributed by atoms with van der Waals surface area (Å²) in [4.78, 5) is 4.74. The maximum absolute atomic E-state index is 2.53. The minimum absolute atomic E-state index is 0.235. The molecule has 0 saturated carbocycles. The van der Waals surface area contributed by atoms with Crippen LogP contribution < -0.4 is 9.80 Å². The highest BCUT2D eigenvalue weighted by Crippen LogP contribution is 2.68. The Hall–Kier alpha value is -8.98. The molecule has 0 heterocycles. The average Bonchev–Trinajstić information content (AvgIpc) is 4.10. The first-order chi connectivity index (χ1) is 36.5. The third kappa shape index (κ3) is 6.93. The highest BCUT2D eigenvalue weighted by atomic mass is 15.1. The number of anilines is 5. The van der Waals surface area contributed by atoms with Gasteiger partial charge in [0.25, 0.3) is 0 Å². The van der Waals surface area contributed by atoms with Crippen LogP contribution in [0.2, 0.25) is 0 Å². The van der Waals surface area contributed by atoms with E-state index in [9.17, 15) is 0 Å². The van der Waals surface area contributed by atoms with E-state index in [1.165, 1.54) is 106 Å². The molecule has 10 aromatic rings. The summed E-state index contributed by atoms with van der Waals surface area (Å²) in [7, 11) is 0. The van der Waals surface area contributed by atoms with E-state index in [1.54, 1.807) is 0 Å². The molecule has 0 N–H and O–H groups in total. The van der Waals surface area contributed by atoms with Crippen LogP contribution in [0.4, 0.5) is 28.4 Å². The first-order valence-corrected chi connectivity index (χ1v) is 26.2. The van der Waals surface area contributed by atoms with E-state index in [0.717, 1.165) is 35.6 Å². The molecule has 74 heavy (non-hydrogen) atoms. The normalized spacial score (nSPS) is 16.6. The van der Waals surface area contributed by atoms with Crippen molar-refractivity contribution in [2.24, 2.45) is 0 Å².